The largest absolute Gasteiger partial charge is 0.373 e. The second-order valence-corrected chi connectivity index (χ2v) is 5.01. The minimum absolute atomic E-state index is 0.787. The molecule has 19 heavy (non-hydrogen) atoms. The van der Waals surface area contributed by atoms with Crippen molar-refractivity contribution in [3.8, 4) is 0 Å². The molecule has 1 heterocycles. The molecular formula is C13H25N5S. The number of likely N-dealkylation sites (N-methyl/N-ethyl adjacent to an activating group) is 1. The third kappa shape index (κ3) is 5.65. The lowest BCUT2D eigenvalue weighted by Gasteiger charge is -2.19. The fourth-order valence-electron chi connectivity index (χ4n) is 1.82. The molecular weight excluding hydrogens is 258 g/mol. The quantitative estimate of drug-likeness (QED) is 0.536. The Morgan fingerprint density at radius 2 is 1.95 bits per heavy atom. The fraction of sp³-hybridized carbons (Fsp3) is 0.692. The summed E-state index contributed by atoms with van der Waals surface area (Å²) >= 11 is 1.55. The van der Waals surface area contributed by atoms with E-state index >= 15 is 0 Å². The van der Waals surface area contributed by atoms with Gasteiger partial charge in [0, 0.05) is 26.2 Å². The first-order chi connectivity index (χ1) is 9.23. The van der Waals surface area contributed by atoms with Gasteiger partial charge in [-0.1, -0.05) is 25.6 Å². The predicted octanol–water partition coefficient (Wildman–Crippen LogP) is 2.38. The van der Waals surface area contributed by atoms with E-state index in [9.17, 15) is 0 Å². The Hall–Kier alpha value is -1.01. The Morgan fingerprint density at radius 1 is 1.21 bits per heavy atom. The molecule has 0 fully saturated rings. The first kappa shape index (κ1) is 16.0. The smallest absolute Gasteiger partial charge is 0.191 e. The van der Waals surface area contributed by atoms with Crippen LogP contribution in [0.3, 0.4) is 0 Å². The van der Waals surface area contributed by atoms with Gasteiger partial charge in [-0.25, -0.2) is 9.97 Å². The van der Waals surface area contributed by atoms with Crippen LogP contribution in [0.1, 0.15) is 20.3 Å². The van der Waals surface area contributed by atoms with E-state index in [0.29, 0.717) is 0 Å². The van der Waals surface area contributed by atoms with Crippen molar-refractivity contribution in [1.82, 2.24) is 14.9 Å². The van der Waals surface area contributed by atoms with Crippen LogP contribution in [0.5, 0.6) is 0 Å². The molecule has 0 saturated heterocycles. The zero-order valence-electron chi connectivity index (χ0n) is 12.4. The minimum Gasteiger partial charge on any atom is -0.373 e. The third-order valence-corrected chi connectivity index (χ3v) is 3.41. The Labute approximate surface area is 120 Å². The minimum atomic E-state index is 0.787. The van der Waals surface area contributed by atoms with Crippen molar-refractivity contribution in [1.29, 1.82) is 0 Å². The van der Waals surface area contributed by atoms with E-state index in [1.54, 1.807) is 11.8 Å². The number of hydrogen-bond acceptors (Lipinski definition) is 6. The van der Waals surface area contributed by atoms with Crippen LogP contribution >= 0.6 is 11.8 Å². The molecule has 1 aromatic rings. The summed E-state index contributed by atoms with van der Waals surface area (Å²) in [5, 5.41) is 7.22. The Balaban J connectivity index is 2.52. The molecule has 0 unspecified atom stereocenters. The maximum Gasteiger partial charge on any atom is 0.191 e. The van der Waals surface area contributed by atoms with Gasteiger partial charge in [0.15, 0.2) is 5.16 Å². The van der Waals surface area contributed by atoms with Crippen LogP contribution < -0.4 is 10.6 Å². The van der Waals surface area contributed by atoms with Gasteiger partial charge in [-0.3, -0.25) is 0 Å². The fourth-order valence-corrected chi connectivity index (χ4v) is 2.20. The van der Waals surface area contributed by atoms with Crippen LogP contribution in [0, 0.1) is 0 Å². The molecule has 0 bridgehead atoms. The Kier molecular flexibility index (Phi) is 7.59. The van der Waals surface area contributed by atoms with Gasteiger partial charge in [0.05, 0.1) is 0 Å². The standard InChI is InChI=1S/C13H25N5S/c1-5-8-18(6-2)9-7-15-12-10-11(14-3)16-13(17-12)19-4/h10H,5-9H2,1-4H3,(H2,14,15,16,17). The van der Waals surface area contributed by atoms with Gasteiger partial charge in [0.25, 0.3) is 0 Å². The van der Waals surface area contributed by atoms with E-state index in [2.05, 4.69) is 39.3 Å². The van der Waals surface area contributed by atoms with Crippen LogP contribution in [0.15, 0.2) is 11.2 Å². The molecule has 2 N–H and O–H groups in total. The number of aromatic nitrogens is 2. The van der Waals surface area contributed by atoms with Crippen molar-refractivity contribution in [2.75, 3.05) is 50.1 Å². The molecule has 108 valence electrons. The lowest BCUT2D eigenvalue weighted by molar-refractivity contribution is 0.300. The van der Waals surface area contributed by atoms with Gasteiger partial charge in [-0.05, 0) is 25.8 Å². The van der Waals surface area contributed by atoms with Crippen molar-refractivity contribution in [2.45, 2.75) is 25.4 Å². The van der Waals surface area contributed by atoms with Crippen molar-refractivity contribution in [2.24, 2.45) is 0 Å². The lowest BCUT2D eigenvalue weighted by atomic mass is 10.4. The van der Waals surface area contributed by atoms with Crippen LogP contribution in [0.25, 0.3) is 0 Å². The van der Waals surface area contributed by atoms with Crippen LogP contribution in [-0.2, 0) is 0 Å². The Morgan fingerprint density at radius 3 is 2.53 bits per heavy atom. The van der Waals surface area contributed by atoms with E-state index in [0.717, 1.165) is 43.0 Å². The highest BCUT2D eigenvalue weighted by molar-refractivity contribution is 7.98. The highest BCUT2D eigenvalue weighted by Gasteiger charge is 2.04. The summed E-state index contributed by atoms with van der Waals surface area (Å²) in [5.41, 5.74) is 0. The molecule has 0 spiro atoms. The third-order valence-electron chi connectivity index (χ3n) is 2.87. The highest BCUT2D eigenvalue weighted by atomic mass is 32.2. The number of hydrogen-bond donors (Lipinski definition) is 2. The molecule has 1 rings (SSSR count). The molecule has 0 radical (unpaired) electrons. The predicted molar refractivity (Wildman–Crippen MR) is 84.3 cm³/mol. The first-order valence-electron chi connectivity index (χ1n) is 6.80. The average Bonchev–Trinajstić information content (AvgIpc) is 2.45. The van der Waals surface area contributed by atoms with Crippen molar-refractivity contribution < 1.29 is 0 Å². The van der Waals surface area contributed by atoms with Crippen molar-refractivity contribution >= 4 is 23.4 Å². The van der Waals surface area contributed by atoms with Gasteiger partial charge in [0.2, 0.25) is 0 Å². The number of rotatable bonds is 9. The van der Waals surface area contributed by atoms with E-state index < -0.39 is 0 Å². The topological polar surface area (TPSA) is 53.1 Å². The number of nitrogens with zero attached hydrogens (tertiary/aromatic N) is 3. The molecule has 0 aromatic carbocycles. The van der Waals surface area contributed by atoms with Crippen LogP contribution in [0.4, 0.5) is 11.6 Å². The van der Waals surface area contributed by atoms with Gasteiger partial charge in [-0.15, -0.1) is 0 Å². The number of nitrogens with one attached hydrogen (secondary N) is 2. The SMILES string of the molecule is CCCN(CC)CCNc1cc(NC)nc(SC)n1. The molecule has 0 aliphatic rings. The summed E-state index contributed by atoms with van der Waals surface area (Å²) in [4.78, 5) is 11.2. The summed E-state index contributed by atoms with van der Waals surface area (Å²) in [6.45, 7) is 8.60. The average molecular weight is 283 g/mol. The summed E-state index contributed by atoms with van der Waals surface area (Å²) in [5.74, 6) is 1.74. The Bertz CT molecular complexity index is 350. The van der Waals surface area contributed by atoms with E-state index in [-0.39, 0.29) is 0 Å². The van der Waals surface area contributed by atoms with Gasteiger partial charge in [-0.2, -0.15) is 0 Å². The summed E-state index contributed by atoms with van der Waals surface area (Å²) in [6, 6.07) is 1.94. The second-order valence-electron chi connectivity index (χ2n) is 4.24. The molecule has 0 amide bonds. The molecule has 0 aliphatic carbocycles. The molecule has 0 aliphatic heterocycles. The maximum absolute atomic E-state index is 4.45. The summed E-state index contributed by atoms with van der Waals surface area (Å²) in [6.07, 6.45) is 3.18. The zero-order valence-corrected chi connectivity index (χ0v) is 13.2. The molecule has 5 nitrogen and oxygen atoms in total. The van der Waals surface area contributed by atoms with E-state index in [1.165, 1.54) is 6.42 Å². The number of anilines is 2. The zero-order chi connectivity index (χ0) is 14.1. The van der Waals surface area contributed by atoms with E-state index in [4.69, 9.17) is 0 Å². The van der Waals surface area contributed by atoms with Crippen LogP contribution in [-0.4, -0.2) is 54.4 Å². The molecule has 0 saturated carbocycles. The monoisotopic (exact) mass is 283 g/mol. The normalized spacial score (nSPS) is 10.8. The maximum atomic E-state index is 4.45. The van der Waals surface area contributed by atoms with Gasteiger partial charge in [0.1, 0.15) is 11.6 Å². The highest BCUT2D eigenvalue weighted by Crippen LogP contribution is 2.16. The molecule has 1 aromatic heterocycles. The number of thioether (sulfide) groups is 1. The molecule has 6 heteroatoms. The van der Waals surface area contributed by atoms with Gasteiger partial charge >= 0.3 is 0 Å². The summed E-state index contributed by atoms with van der Waals surface area (Å²) in [7, 11) is 1.87. The van der Waals surface area contributed by atoms with Crippen LogP contribution in [0.2, 0.25) is 0 Å². The van der Waals surface area contributed by atoms with Gasteiger partial charge < -0.3 is 15.5 Å². The lowest BCUT2D eigenvalue weighted by Crippen LogP contribution is -2.29. The van der Waals surface area contributed by atoms with Crippen molar-refractivity contribution in [3.05, 3.63) is 6.07 Å². The molecule has 0 atom stereocenters. The van der Waals surface area contributed by atoms with E-state index in [1.807, 2.05) is 19.4 Å². The second kappa shape index (κ2) is 8.98. The summed E-state index contributed by atoms with van der Waals surface area (Å²) < 4.78 is 0. The first-order valence-corrected chi connectivity index (χ1v) is 8.03. The van der Waals surface area contributed by atoms with Crippen molar-refractivity contribution in [3.63, 3.8) is 0 Å².